The number of carbonyl (C=O) groups excluding carboxylic acids is 1. The van der Waals surface area contributed by atoms with Crippen LogP contribution in [0.3, 0.4) is 0 Å². The third-order valence-electron chi connectivity index (χ3n) is 3.65. The zero-order chi connectivity index (χ0) is 13.2. The number of benzene rings is 1. The molecule has 1 aromatic heterocycles. The first-order valence-corrected chi connectivity index (χ1v) is 6.77. The van der Waals surface area contributed by atoms with Crippen molar-refractivity contribution in [2.24, 2.45) is 4.99 Å². The molecule has 4 nitrogen and oxygen atoms in total. The summed E-state index contributed by atoms with van der Waals surface area (Å²) >= 11 is 5.94. The molecule has 3 rings (SSSR count). The van der Waals surface area contributed by atoms with E-state index in [1.165, 1.54) is 0 Å². The van der Waals surface area contributed by atoms with Gasteiger partial charge in [-0.15, -0.1) is 0 Å². The number of rotatable bonds is 2. The first-order chi connectivity index (χ1) is 9.26. The Morgan fingerprint density at radius 1 is 1.32 bits per heavy atom. The van der Waals surface area contributed by atoms with Gasteiger partial charge < -0.3 is 4.42 Å². The van der Waals surface area contributed by atoms with E-state index in [9.17, 15) is 4.79 Å². The van der Waals surface area contributed by atoms with E-state index in [0.29, 0.717) is 10.9 Å². The minimum atomic E-state index is 0.118. The Morgan fingerprint density at radius 2 is 2.11 bits per heavy atom. The maximum Gasteiger partial charge on any atom is 0.235 e. The molecule has 1 aromatic carbocycles. The van der Waals surface area contributed by atoms with Gasteiger partial charge in [0.05, 0.1) is 6.04 Å². The standard InChI is InChI=1S/C14H13ClN2O2/c15-10-3-6-13-12(7-10)17-14(19-13)9-1-4-11(5-2-9)16-8-18/h3,6-7,9,11H,1-2,4-5H2. The second-order valence-electron chi connectivity index (χ2n) is 4.89. The number of nitrogens with zero attached hydrogens (tertiary/aromatic N) is 2. The van der Waals surface area contributed by atoms with Crippen molar-refractivity contribution in [2.45, 2.75) is 37.6 Å². The number of oxazole rings is 1. The maximum atomic E-state index is 10.2. The van der Waals surface area contributed by atoms with Crippen LogP contribution in [-0.2, 0) is 4.79 Å². The van der Waals surface area contributed by atoms with Crippen molar-refractivity contribution in [1.29, 1.82) is 0 Å². The van der Waals surface area contributed by atoms with Crippen LogP contribution in [0.2, 0.25) is 5.02 Å². The summed E-state index contributed by atoms with van der Waals surface area (Å²) in [7, 11) is 0. The highest BCUT2D eigenvalue weighted by molar-refractivity contribution is 6.31. The number of halogens is 1. The van der Waals surface area contributed by atoms with Crippen molar-refractivity contribution in [3.05, 3.63) is 29.1 Å². The van der Waals surface area contributed by atoms with Gasteiger partial charge in [0, 0.05) is 10.9 Å². The van der Waals surface area contributed by atoms with Gasteiger partial charge in [-0.2, -0.15) is 0 Å². The second kappa shape index (κ2) is 5.16. The number of aliphatic imine (C=N–C) groups is 1. The summed E-state index contributed by atoms with van der Waals surface area (Å²) in [6, 6.07) is 5.57. The van der Waals surface area contributed by atoms with Crippen LogP contribution in [0.1, 0.15) is 37.5 Å². The Kier molecular flexibility index (Phi) is 3.36. The fraction of sp³-hybridized carbons (Fsp3) is 0.429. The summed E-state index contributed by atoms with van der Waals surface area (Å²) in [5, 5.41) is 0.663. The smallest absolute Gasteiger partial charge is 0.235 e. The summed E-state index contributed by atoms with van der Waals surface area (Å²) in [4.78, 5) is 18.5. The van der Waals surface area contributed by atoms with E-state index >= 15 is 0 Å². The molecular weight excluding hydrogens is 264 g/mol. The van der Waals surface area contributed by atoms with Crippen LogP contribution in [0, 0.1) is 0 Å². The lowest BCUT2D eigenvalue weighted by molar-refractivity contribution is 0.346. The Morgan fingerprint density at radius 3 is 2.84 bits per heavy atom. The molecule has 5 heteroatoms. The molecule has 2 aromatic rings. The van der Waals surface area contributed by atoms with Crippen molar-refractivity contribution in [3.8, 4) is 0 Å². The highest BCUT2D eigenvalue weighted by Crippen LogP contribution is 2.35. The van der Waals surface area contributed by atoms with Crippen molar-refractivity contribution >= 4 is 28.8 Å². The summed E-state index contributed by atoms with van der Waals surface area (Å²) < 4.78 is 5.78. The Balaban J connectivity index is 1.80. The number of aromatic nitrogens is 1. The van der Waals surface area contributed by atoms with Crippen LogP contribution in [0.15, 0.2) is 27.6 Å². The van der Waals surface area contributed by atoms with Gasteiger partial charge in [-0.3, -0.25) is 0 Å². The van der Waals surface area contributed by atoms with E-state index in [-0.39, 0.29) is 6.04 Å². The zero-order valence-corrected chi connectivity index (χ0v) is 11.1. The number of isocyanates is 1. The molecule has 1 aliphatic rings. The lowest BCUT2D eigenvalue weighted by Gasteiger charge is -2.22. The summed E-state index contributed by atoms with van der Waals surface area (Å²) in [5.41, 5.74) is 1.57. The van der Waals surface area contributed by atoms with Crippen LogP contribution in [-0.4, -0.2) is 17.1 Å². The topological polar surface area (TPSA) is 55.5 Å². The van der Waals surface area contributed by atoms with Gasteiger partial charge in [0.1, 0.15) is 5.52 Å². The molecule has 0 spiro atoms. The first-order valence-electron chi connectivity index (χ1n) is 6.39. The van der Waals surface area contributed by atoms with Crippen LogP contribution in [0.25, 0.3) is 11.1 Å². The lowest BCUT2D eigenvalue weighted by atomic mass is 9.86. The molecule has 0 bridgehead atoms. The minimum Gasteiger partial charge on any atom is -0.440 e. The average molecular weight is 277 g/mol. The third-order valence-corrected chi connectivity index (χ3v) is 3.88. The van der Waals surface area contributed by atoms with Gasteiger partial charge in [0.2, 0.25) is 6.08 Å². The molecular formula is C14H13ClN2O2. The maximum absolute atomic E-state index is 10.2. The van der Waals surface area contributed by atoms with E-state index in [0.717, 1.165) is 42.7 Å². The molecule has 1 heterocycles. The SMILES string of the molecule is O=C=NC1CCC(c2nc3cc(Cl)ccc3o2)CC1. The largest absolute Gasteiger partial charge is 0.440 e. The molecule has 0 aliphatic heterocycles. The van der Waals surface area contributed by atoms with Gasteiger partial charge in [0.15, 0.2) is 11.5 Å². The molecule has 1 fully saturated rings. The van der Waals surface area contributed by atoms with Gasteiger partial charge in [0.25, 0.3) is 0 Å². The number of hydrogen-bond acceptors (Lipinski definition) is 4. The van der Waals surface area contributed by atoms with Crippen LogP contribution in [0.5, 0.6) is 0 Å². The molecule has 0 radical (unpaired) electrons. The molecule has 0 unspecified atom stereocenters. The molecule has 1 aliphatic carbocycles. The van der Waals surface area contributed by atoms with Crippen molar-refractivity contribution in [2.75, 3.05) is 0 Å². The second-order valence-corrected chi connectivity index (χ2v) is 5.33. The zero-order valence-electron chi connectivity index (χ0n) is 10.3. The van der Waals surface area contributed by atoms with Crippen LogP contribution < -0.4 is 0 Å². The predicted molar refractivity (Wildman–Crippen MR) is 72.1 cm³/mol. The molecule has 0 amide bonds. The number of fused-ring (bicyclic) bond motifs is 1. The summed E-state index contributed by atoms with van der Waals surface area (Å²) in [6.45, 7) is 0. The normalized spacial score (nSPS) is 23.2. The van der Waals surface area contributed by atoms with E-state index in [2.05, 4.69) is 9.98 Å². The predicted octanol–water partition coefficient (Wildman–Crippen LogP) is 3.84. The van der Waals surface area contributed by atoms with Gasteiger partial charge in [-0.25, -0.2) is 14.8 Å². The Bertz CT molecular complexity index is 638. The van der Waals surface area contributed by atoms with E-state index in [1.54, 1.807) is 12.1 Å². The van der Waals surface area contributed by atoms with Gasteiger partial charge >= 0.3 is 0 Å². The van der Waals surface area contributed by atoms with Crippen molar-refractivity contribution in [3.63, 3.8) is 0 Å². The minimum absolute atomic E-state index is 0.118. The van der Waals surface area contributed by atoms with Crippen molar-refractivity contribution < 1.29 is 9.21 Å². The van der Waals surface area contributed by atoms with Crippen LogP contribution >= 0.6 is 11.6 Å². The molecule has 19 heavy (non-hydrogen) atoms. The van der Waals surface area contributed by atoms with E-state index in [4.69, 9.17) is 16.0 Å². The Labute approximate surface area is 115 Å². The first kappa shape index (κ1) is 12.4. The molecule has 0 saturated heterocycles. The van der Waals surface area contributed by atoms with E-state index < -0.39 is 0 Å². The summed E-state index contributed by atoms with van der Waals surface area (Å²) in [6.07, 6.45) is 5.30. The lowest BCUT2D eigenvalue weighted by Crippen LogP contribution is -2.16. The fourth-order valence-electron chi connectivity index (χ4n) is 2.62. The third kappa shape index (κ3) is 2.55. The van der Waals surface area contributed by atoms with Crippen molar-refractivity contribution in [1.82, 2.24) is 4.98 Å². The highest BCUT2D eigenvalue weighted by atomic mass is 35.5. The number of hydrogen-bond donors (Lipinski definition) is 0. The van der Waals surface area contributed by atoms with E-state index in [1.807, 2.05) is 12.1 Å². The molecule has 1 saturated carbocycles. The molecule has 0 atom stereocenters. The quantitative estimate of drug-likeness (QED) is 0.618. The Hall–Kier alpha value is -1.64. The average Bonchev–Trinajstić information content (AvgIpc) is 2.83. The molecule has 98 valence electrons. The highest BCUT2D eigenvalue weighted by Gasteiger charge is 2.25. The fourth-order valence-corrected chi connectivity index (χ4v) is 2.79. The van der Waals surface area contributed by atoms with Crippen LogP contribution in [0.4, 0.5) is 0 Å². The van der Waals surface area contributed by atoms with Gasteiger partial charge in [-0.1, -0.05) is 11.6 Å². The monoisotopic (exact) mass is 276 g/mol. The molecule has 0 N–H and O–H groups in total. The van der Waals surface area contributed by atoms with Gasteiger partial charge in [-0.05, 0) is 43.9 Å². The summed E-state index contributed by atoms with van der Waals surface area (Å²) in [5.74, 6) is 1.08.